The number of fused-ring (bicyclic) bond motifs is 3. The minimum Gasteiger partial charge on any atom is -0.463 e. The Morgan fingerprint density at radius 3 is 2.52 bits per heavy atom. The first-order valence-corrected chi connectivity index (χ1v) is 8.85. The molecule has 3 aliphatic rings. The molecule has 1 aliphatic heterocycles. The van der Waals surface area contributed by atoms with Gasteiger partial charge in [0.25, 0.3) is 0 Å². The SMILES string of the molecule is C=C(C)C(=O)OCC(=O)OCC1CC2C[C@H]1CC21CC(C)(C)OC1=O. The smallest absolute Gasteiger partial charge is 0.344 e. The van der Waals surface area contributed by atoms with E-state index in [1.807, 2.05) is 13.8 Å². The zero-order chi connectivity index (χ0) is 18.4. The Morgan fingerprint density at radius 2 is 2.00 bits per heavy atom. The maximum absolute atomic E-state index is 12.4. The molecule has 25 heavy (non-hydrogen) atoms. The summed E-state index contributed by atoms with van der Waals surface area (Å²) in [7, 11) is 0. The summed E-state index contributed by atoms with van der Waals surface area (Å²) in [4.78, 5) is 35.4. The third-order valence-electron chi connectivity index (χ3n) is 5.89. The van der Waals surface area contributed by atoms with Gasteiger partial charge < -0.3 is 14.2 Å². The van der Waals surface area contributed by atoms with Crippen LogP contribution in [0.3, 0.4) is 0 Å². The molecule has 6 heteroatoms. The van der Waals surface area contributed by atoms with Crippen LogP contribution in [0.4, 0.5) is 0 Å². The number of carbonyl (C=O) groups excluding carboxylic acids is 3. The fourth-order valence-electron chi connectivity index (χ4n) is 4.93. The predicted molar refractivity (Wildman–Crippen MR) is 88.3 cm³/mol. The maximum atomic E-state index is 12.4. The summed E-state index contributed by atoms with van der Waals surface area (Å²) in [5, 5.41) is 0. The van der Waals surface area contributed by atoms with Gasteiger partial charge >= 0.3 is 17.9 Å². The monoisotopic (exact) mass is 350 g/mol. The van der Waals surface area contributed by atoms with Crippen molar-refractivity contribution in [1.29, 1.82) is 0 Å². The van der Waals surface area contributed by atoms with Crippen LogP contribution >= 0.6 is 0 Å². The molecule has 1 saturated heterocycles. The van der Waals surface area contributed by atoms with Gasteiger partial charge in [0.2, 0.25) is 0 Å². The molecule has 6 nitrogen and oxygen atoms in total. The molecule has 2 saturated carbocycles. The molecule has 3 rings (SSSR count). The fraction of sp³-hybridized carbons (Fsp3) is 0.737. The van der Waals surface area contributed by atoms with Crippen molar-refractivity contribution in [2.75, 3.05) is 13.2 Å². The summed E-state index contributed by atoms with van der Waals surface area (Å²) in [6, 6.07) is 0. The number of ether oxygens (including phenoxy) is 3. The van der Waals surface area contributed by atoms with E-state index in [0.717, 1.165) is 25.7 Å². The van der Waals surface area contributed by atoms with Crippen molar-refractivity contribution in [3.8, 4) is 0 Å². The molecule has 2 aliphatic carbocycles. The molecule has 138 valence electrons. The molecule has 0 aromatic rings. The Bertz CT molecular complexity index is 621. The Balaban J connectivity index is 1.48. The Kier molecular flexibility index (Phi) is 4.41. The highest BCUT2D eigenvalue weighted by atomic mass is 16.6. The largest absolute Gasteiger partial charge is 0.463 e. The van der Waals surface area contributed by atoms with Gasteiger partial charge in [0.15, 0.2) is 6.61 Å². The first kappa shape index (κ1) is 18.0. The third-order valence-corrected chi connectivity index (χ3v) is 5.89. The summed E-state index contributed by atoms with van der Waals surface area (Å²) in [5.74, 6) is -0.219. The molecular weight excluding hydrogens is 324 g/mol. The summed E-state index contributed by atoms with van der Waals surface area (Å²) in [6.45, 7) is 8.84. The normalized spacial score (nSPS) is 34.8. The molecule has 0 amide bonds. The highest BCUT2D eigenvalue weighted by molar-refractivity contribution is 5.88. The standard InChI is InChI=1S/C19H26O6/c1-11(2)16(21)24-9-15(20)23-8-13-6-14-5-12(13)7-19(14)10-18(3,4)25-17(19)22/h12-14H,1,5-10H2,2-4H3/t12-,13?,14?,19?/m0/s1. The first-order valence-electron chi connectivity index (χ1n) is 8.85. The van der Waals surface area contributed by atoms with E-state index in [1.54, 1.807) is 0 Å². The summed E-state index contributed by atoms with van der Waals surface area (Å²) >= 11 is 0. The fourth-order valence-corrected chi connectivity index (χ4v) is 4.93. The number of rotatable bonds is 5. The van der Waals surface area contributed by atoms with Crippen LogP contribution in [0.2, 0.25) is 0 Å². The average Bonchev–Trinajstić information content (AvgIpc) is 3.13. The lowest BCUT2D eigenvalue weighted by Crippen LogP contribution is -2.36. The lowest BCUT2D eigenvalue weighted by molar-refractivity contribution is -0.159. The molecule has 1 spiro atoms. The van der Waals surface area contributed by atoms with Crippen molar-refractivity contribution >= 4 is 17.9 Å². The predicted octanol–water partition coefficient (Wildman–Crippen LogP) is 2.41. The third kappa shape index (κ3) is 3.31. The van der Waals surface area contributed by atoms with Crippen molar-refractivity contribution in [2.45, 2.75) is 52.1 Å². The minimum atomic E-state index is -0.596. The second kappa shape index (κ2) is 6.15. The molecular formula is C19H26O6. The highest BCUT2D eigenvalue weighted by Crippen LogP contribution is 2.64. The van der Waals surface area contributed by atoms with Crippen molar-refractivity contribution in [2.24, 2.45) is 23.2 Å². The van der Waals surface area contributed by atoms with E-state index in [4.69, 9.17) is 14.2 Å². The Morgan fingerprint density at radius 1 is 1.28 bits per heavy atom. The van der Waals surface area contributed by atoms with Gasteiger partial charge in [0, 0.05) is 12.0 Å². The lowest BCUT2D eigenvalue weighted by atomic mass is 9.67. The second-order valence-electron chi connectivity index (χ2n) is 8.41. The van der Waals surface area contributed by atoms with Crippen molar-refractivity contribution < 1.29 is 28.6 Å². The summed E-state index contributed by atoms with van der Waals surface area (Å²) < 4.78 is 15.6. The van der Waals surface area contributed by atoms with E-state index in [0.29, 0.717) is 18.4 Å². The lowest BCUT2D eigenvalue weighted by Gasteiger charge is -2.33. The highest BCUT2D eigenvalue weighted by Gasteiger charge is 2.64. The van der Waals surface area contributed by atoms with Gasteiger partial charge in [-0.05, 0) is 57.8 Å². The quantitative estimate of drug-likeness (QED) is 0.430. The molecule has 1 heterocycles. The molecule has 0 aromatic heterocycles. The summed E-state index contributed by atoms with van der Waals surface area (Å²) in [5.41, 5.74) is -0.458. The van der Waals surface area contributed by atoms with Crippen LogP contribution in [0.25, 0.3) is 0 Å². The number of cyclic esters (lactones) is 1. The van der Waals surface area contributed by atoms with E-state index in [9.17, 15) is 14.4 Å². The molecule has 0 aromatic carbocycles. The zero-order valence-electron chi connectivity index (χ0n) is 15.1. The van der Waals surface area contributed by atoms with Crippen LogP contribution in [0.1, 0.15) is 46.5 Å². The minimum absolute atomic E-state index is 0.0489. The first-order chi connectivity index (χ1) is 11.6. The molecule has 3 unspecified atom stereocenters. The van der Waals surface area contributed by atoms with Gasteiger partial charge in [-0.15, -0.1) is 0 Å². The van der Waals surface area contributed by atoms with E-state index in [2.05, 4.69) is 6.58 Å². The second-order valence-corrected chi connectivity index (χ2v) is 8.41. The Labute approximate surface area is 147 Å². The number of esters is 3. The van der Waals surface area contributed by atoms with Gasteiger partial charge in [-0.2, -0.15) is 0 Å². The van der Waals surface area contributed by atoms with Crippen LogP contribution in [0.15, 0.2) is 12.2 Å². The van der Waals surface area contributed by atoms with Crippen molar-refractivity contribution in [3.05, 3.63) is 12.2 Å². The van der Waals surface area contributed by atoms with E-state index in [-0.39, 0.29) is 28.5 Å². The molecule has 0 N–H and O–H groups in total. The molecule has 3 fully saturated rings. The number of hydrogen-bond acceptors (Lipinski definition) is 6. The maximum Gasteiger partial charge on any atom is 0.344 e. The number of carbonyl (C=O) groups is 3. The van der Waals surface area contributed by atoms with Gasteiger partial charge in [0.05, 0.1) is 12.0 Å². The van der Waals surface area contributed by atoms with E-state index >= 15 is 0 Å². The van der Waals surface area contributed by atoms with E-state index in [1.165, 1.54) is 6.92 Å². The zero-order valence-corrected chi connectivity index (χ0v) is 15.1. The molecule has 2 bridgehead atoms. The van der Waals surface area contributed by atoms with Gasteiger partial charge in [0.1, 0.15) is 5.60 Å². The van der Waals surface area contributed by atoms with Gasteiger partial charge in [-0.25, -0.2) is 9.59 Å². The summed E-state index contributed by atoms with van der Waals surface area (Å²) in [6.07, 6.45) is 3.49. The van der Waals surface area contributed by atoms with Gasteiger partial charge in [-0.1, -0.05) is 6.58 Å². The van der Waals surface area contributed by atoms with Crippen LogP contribution < -0.4 is 0 Å². The van der Waals surface area contributed by atoms with Crippen molar-refractivity contribution in [1.82, 2.24) is 0 Å². The van der Waals surface area contributed by atoms with Crippen LogP contribution in [-0.4, -0.2) is 36.7 Å². The Hall–Kier alpha value is -1.85. The van der Waals surface area contributed by atoms with Gasteiger partial charge in [-0.3, -0.25) is 4.79 Å². The molecule has 4 atom stereocenters. The number of hydrogen-bond donors (Lipinski definition) is 0. The molecule has 0 radical (unpaired) electrons. The van der Waals surface area contributed by atoms with Crippen LogP contribution in [0.5, 0.6) is 0 Å². The van der Waals surface area contributed by atoms with Crippen molar-refractivity contribution in [3.63, 3.8) is 0 Å². The van der Waals surface area contributed by atoms with Crippen LogP contribution in [-0.2, 0) is 28.6 Å². The van der Waals surface area contributed by atoms with E-state index < -0.39 is 18.5 Å². The average molecular weight is 350 g/mol. The van der Waals surface area contributed by atoms with Crippen LogP contribution in [0, 0.1) is 23.2 Å². The topological polar surface area (TPSA) is 78.9 Å².